The van der Waals surface area contributed by atoms with Gasteiger partial charge in [0, 0.05) is 26.2 Å². The number of hydrogen-bond acceptors (Lipinski definition) is 8. The van der Waals surface area contributed by atoms with Gasteiger partial charge in [-0.25, -0.2) is 20.4 Å². The summed E-state index contributed by atoms with van der Waals surface area (Å²) >= 11 is 0. The van der Waals surface area contributed by atoms with Gasteiger partial charge in [-0.1, -0.05) is 0 Å². The first-order chi connectivity index (χ1) is 8.83. The van der Waals surface area contributed by atoms with Crippen LogP contribution in [0.5, 0.6) is 0 Å². The van der Waals surface area contributed by atoms with E-state index in [1.807, 2.05) is 0 Å². The minimum atomic E-state index is 0.750. The van der Waals surface area contributed by atoms with Gasteiger partial charge >= 0.3 is 0 Å². The van der Waals surface area contributed by atoms with Gasteiger partial charge in [0.25, 0.3) is 0 Å². The minimum Gasteiger partial charge on any atom is -0.379 e. The Kier molecular flexibility index (Phi) is 22.1. The summed E-state index contributed by atoms with van der Waals surface area (Å²) in [5.41, 5.74) is 0. The fraction of sp³-hybridized carbons (Fsp3) is 0.800. The zero-order valence-electron chi connectivity index (χ0n) is 10.3. The zero-order chi connectivity index (χ0) is 13.9. The molecule has 2 fully saturated rings. The lowest BCUT2D eigenvalue weighted by atomic mass is 10.5. The van der Waals surface area contributed by atoms with Gasteiger partial charge in [-0.3, -0.25) is 0 Å². The summed E-state index contributed by atoms with van der Waals surface area (Å²) in [6, 6.07) is 0. The average Bonchev–Trinajstić information content (AvgIpc) is 2.45. The number of hydrogen-bond donors (Lipinski definition) is 4. The molecule has 0 aromatic carbocycles. The van der Waals surface area contributed by atoms with Crippen molar-refractivity contribution in [2.24, 2.45) is 0 Å². The van der Waals surface area contributed by atoms with Gasteiger partial charge < -0.3 is 20.1 Å². The molecular formula is C10H20N4O4. The fourth-order valence-corrected chi connectivity index (χ4v) is 1.03. The first-order valence-corrected chi connectivity index (χ1v) is 5.48. The van der Waals surface area contributed by atoms with Crippen molar-refractivity contribution in [2.45, 2.75) is 0 Å². The van der Waals surface area contributed by atoms with Gasteiger partial charge in [-0.2, -0.15) is 0 Å². The Morgan fingerprint density at radius 3 is 1.00 bits per heavy atom. The summed E-state index contributed by atoms with van der Waals surface area (Å²) in [5, 5.41) is 17.1. The van der Waals surface area contributed by atoms with Crippen molar-refractivity contribution in [3.8, 4) is 0 Å². The second-order valence-electron chi connectivity index (χ2n) is 2.93. The Morgan fingerprint density at radius 1 is 0.722 bits per heavy atom. The van der Waals surface area contributed by atoms with Crippen LogP contribution in [-0.2, 0) is 19.1 Å². The highest BCUT2D eigenvalue weighted by molar-refractivity contribution is 5.26. The number of isocyanates is 2. The van der Waals surface area contributed by atoms with Crippen LogP contribution in [0.15, 0.2) is 0 Å². The number of rotatable bonds is 0. The molecule has 0 saturated carbocycles. The molecule has 2 aliphatic rings. The van der Waals surface area contributed by atoms with E-state index in [1.165, 1.54) is 0 Å². The van der Waals surface area contributed by atoms with Crippen molar-refractivity contribution in [2.75, 3.05) is 52.6 Å². The first kappa shape index (κ1) is 19.0. The van der Waals surface area contributed by atoms with Crippen molar-refractivity contribution in [3.05, 3.63) is 0 Å². The predicted octanol–water partition coefficient (Wildman–Crippen LogP) is -0.986. The van der Waals surface area contributed by atoms with Crippen molar-refractivity contribution < 1.29 is 19.1 Å². The van der Waals surface area contributed by atoms with E-state index in [-0.39, 0.29) is 0 Å². The normalized spacial score (nSPS) is 16.9. The predicted molar refractivity (Wildman–Crippen MR) is 64.2 cm³/mol. The molecule has 4 N–H and O–H groups in total. The standard InChI is InChI=1S/2C4H9NO.2CHNO/c2*1-3-6-4-2-5-1;2*2-1-3/h2*5H,1-4H2;2*2H. The Balaban J connectivity index is 0. The minimum absolute atomic E-state index is 0.750. The van der Waals surface area contributed by atoms with Crippen LogP contribution in [0.4, 0.5) is 0 Å². The second-order valence-corrected chi connectivity index (χ2v) is 2.93. The topological polar surface area (TPSA) is 124 Å². The number of ether oxygens (including phenoxy) is 2. The van der Waals surface area contributed by atoms with E-state index >= 15 is 0 Å². The molecule has 18 heavy (non-hydrogen) atoms. The van der Waals surface area contributed by atoms with Crippen LogP contribution < -0.4 is 10.6 Å². The lowest BCUT2D eigenvalue weighted by Gasteiger charge is -2.10. The Morgan fingerprint density at radius 2 is 0.944 bits per heavy atom. The first-order valence-electron chi connectivity index (χ1n) is 5.48. The summed E-state index contributed by atoms with van der Waals surface area (Å²) in [6.07, 6.45) is 1.50. The molecule has 2 saturated heterocycles. The smallest absolute Gasteiger partial charge is 0.231 e. The second kappa shape index (κ2) is 20.9. The molecule has 2 aliphatic heterocycles. The van der Waals surface area contributed by atoms with Gasteiger partial charge in [0.2, 0.25) is 12.2 Å². The molecule has 0 bridgehead atoms. The van der Waals surface area contributed by atoms with Crippen molar-refractivity contribution in [1.82, 2.24) is 10.6 Å². The molecule has 0 aromatic heterocycles. The highest BCUT2D eigenvalue weighted by Gasteiger charge is 1.93. The third-order valence-electron chi connectivity index (χ3n) is 1.69. The van der Waals surface area contributed by atoms with Gasteiger partial charge in [0.1, 0.15) is 0 Å². The van der Waals surface area contributed by atoms with E-state index in [4.69, 9.17) is 29.9 Å². The quantitative estimate of drug-likeness (QED) is 0.327. The van der Waals surface area contributed by atoms with Gasteiger partial charge in [0.05, 0.1) is 26.4 Å². The summed E-state index contributed by atoms with van der Waals surface area (Å²) in [5.74, 6) is 0. The number of nitrogens with one attached hydrogen (secondary N) is 4. The molecule has 104 valence electrons. The Bertz CT molecular complexity index is 171. The third kappa shape index (κ3) is 24.0. The maximum Gasteiger partial charge on any atom is 0.231 e. The summed E-state index contributed by atoms with van der Waals surface area (Å²) in [7, 11) is 0. The van der Waals surface area contributed by atoms with Crippen molar-refractivity contribution in [3.63, 3.8) is 0 Å². The maximum atomic E-state index is 8.35. The molecule has 8 nitrogen and oxygen atoms in total. The third-order valence-corrected chi connectivity index (χ3v) is 1.69. The molecule has 0 spiro atoms. The summed E-state index contributed by atoms with van der Waals surface area (Å²) in [6.45, 7) is 7.67. The van der Waals surface area contributed by atoms with Crippen LogP contribution in [-0.4, -0.2) is 64.8 Å². The van der Waals surface area contributed by atoms with Crippen LogP contribution in [0, 0.1) is 10.8 Å². The number of carbonyl (C=O) groups excluding carboxylic acids is 2. The molecule has 2 rings (SSSR count). The van der Waals surface area contributed by atoms with Crippen LogP contribution in [0.1, 0.15) is 0 Å². The van der Waals surface area contributed by atoms with Crippen LogP contribution >= 0.6 is 0 Å². The monoisotopic (exact) mass is 260 g/mol. The molecule has 2 heterocycles. The van der Waals surface area contributed by atoms with Crippen LogP contribution in [0.3, 0.4) is 0 Å². The lowest BCUT2D eigenvalue weighted by molar-refractivity contribution is 0.109. The average molecular weight is 260 g/mol. The molecule has 0 aromatic rings. The molecule has 0 amide bonds. The summed E-state index contributed by atoms with van der Waals surface area (Å²) in [4.78, 5) is 16.7. The largest absolute Gasteiger partial charge is 0.379 e. The van der Waals surface area contributed by atoms with Crippen molar-refractivity contribution in [1.29, 1.82) is 10.8 Å². The van der Waals surface area contributed by atoms with E-state index in [0.29, 0.717) is 0 Å². The Labute approximate surface area is 106 Å². The van der Waals surface area contributed by atoms with E-state index in [0.717, 1.165) is 64.8 Å². The molecule has 0 unspecified atom stereocenters. The zero-order valence-corrected chi connectivity index (χ0v) is 10.3. The lowest BCUT2D eigenvalue weighted by Crippen LogP contribution is -2.30. The highest BCUT2D eigenvalue weighted by Crippen LogP contribution is 1.77. The van der Waals surface area contributed by atoms with Crippen LogP contribution in [0.25, 0.3) is 0 Å². The van der Waals surface area contributed by atoms with Gasteiger partial charge in [-0.15, -0.1) is 0 Å². The summed E-state index contributed by atoms with van der Waals surface area (Å²) < 4.78 is 10.0. The maximum absolute atomic E-state index is 8.35. The van der Waals surface area contributed by atoms with Crippen molar-refractivity contribution >= 4 is 12.2 Å². The molecule has 0 radical (unpaired) electrons. The number of morpholine rings is 2. The molecule has 0 aliphatic carbocycles. The van der Waals surface area contributed by atoms with Gasteiger partial charge in [0.15, 0.2) is 0 Å². The molecule has 0 atom stereocenters. The molecule has 8 heteroatoms. The molecular weight excluding hydrogens is 240 g/mol. The van der Waals surface area contributed by atoms with E-state index < -0.39 is 0 Å². The van der Waals surface area contributed by atoms with E-state index in [2.05, 4.69) is 10.6 Å². The fourth-order valence-electron chi connectivity index (χ4n) is 1.03. The Hall–Kier alpha value is -1.40. The SMILES string of the molecule is C1COCCN1.C1COCCN1.N=C=O.N=C=O. The van der Waals surface area contributed by atoms with E-state index in [1.54, 1.807) is 0 Å². The van der Waals surface area contributed by atoms with Gasteiger partial charge in [-0.05, 0) is 0 Å². The highest BCUT2D eigenvalue weighted by atomic mass is 16.5. The van der Waals surface area contributed by atoms with E-state index in [9.17, 15) is 0 Å². The van der Waals surface area contributed by atoms with Crippen LogP contribution in [0.2, 0.25) is 0 Å².